The van der Waals surface area contributed by atoms with Gasteiger partial charge in [0.25, 0.3) is 0 Å². The topological polar surface area (TPSA) is 61.8 Å². The van der Waals surface area contributed by atoms with Crippen LogP contribution in [-0.2, 0) is 9.53 Å². The second-order valence-electron chi connectivity index (χ2n) is 5.53. The molecule has 21 heavy (non-hydrogen) atoms. The zero-order valence-corrected chi connectivity index (χ0v) is 13.3. The van der Waals surface area contributed by atoms with Crippen LogP contribution in [0.4, 0.5) is 5.69 Å². The van der Waals surface area contributed by atoms with Crippen LogP contribution in [0.5, 0.6) is 0 Å². The van der Waals surface area contributed by atoms with Gasteiger partial charge in [-0.25, -0.2) is 0 Å². The van der Waals surface area contributed by atoms with Crippen molar-refractivity contribution in [1.82, 2.24) is 5.32 Å². The van der Waals surface area contributed by atoms with Crippen LogP contribution in [0.25, 0.3) is 0 Å². The molecule has 0 aliphatic carbocycles. The highest BCUT2D eigenvalue weighted by molar-refractivity contribution is 9.10. The van der Waals surface area contributed by atoms with Gasteiger partial charge in [0, 0.05) is 35.8 Å². The average molecular weight is 355 g/mol. The maximum absolute atomic E-state index is 11.2. The highest BCUT2D eigenvalue weighted by Crippen LogP contribution is 2.35. The third-order valence-electron chi connectivity index (χ3n) is 4.20. The number of benzene rings is 1. The van der Waals surface area contributed by atoms with Crippen molar-refractivity contribution in [3.63, 3.8) is 0 Å². The standard InChI is InChI=1S/C15H19BrN2O3/c16-11-1-2-14(18-3-5-21-6-4-18)12(8-11)13-7-10(9-17-13)15(19)20/h1-2,8,10,13,17H,3-7,9H2,(H,19,20). The van der Waals surface area contributed by atoms with Crippen LogP contribution < -0.4 is 10.2 Å². The lowest BCUT2D eigenvalue weighted by molar-refractivity contribution is -0.141. The number of ether oxygens (including phenoxy) is 1. The zero-order chi connectivity index (χ0) is 14.8. The minimum absolute atomic E-state index is 0.0986. The Morgan fingerprint density at radius 3 is 2.81 bits per heavy atom. The van der Waals surface area contributed by atoms with Gasteiger partial charge in [-0.15, -0.1) is 0 Å². The number of carboxylic acid groups (broad SMARTS) is 1. The Labute approximate surface area is 132 Å². The number of nitrogens with zero attached hydrogens (tertiary/aromatic N) is 1. The van der Waals surface area contributed by atoms with Crippen LogP contribution in [0.3, 0.4) is 0 Å². The molecular formula is C15H19BrN2O3. The van der Waals surface area contributed by atoms with E-state index in [1.54, 1.807) is 0 Å². The number of hydrogen-bond donors (Lipinski definition) is 2. The van der Waals surface area contributed by atoms with Crippen molar-refractivity contribution in [3.05, 3.63) is 28.2 Å². The fourth-order valence-corrected chi connectivity index (χ4v) is 3.44. The molecule has 2 saturated heterocycles. The molecule has 2 aliphatic rings. The molecule has 0 aromatic heterocycles. The lowest BCUT2D eigenvalue weighted by atomic mass is 9.98. The van der Waals surface area contributed by atoms with Gasteiger partial charge in [0.1, 0.15) is 0 Å². The molecule has 0 spiro atoms. The van der Waals surface area contributed by atoms with E-state index in [1.165, 1.54) is 11.3 Å². The van der Waals surface area contributed by atoms with Crippen molar-refractivity contribution in [3.8, 4) is 0 Å². The highest BCUT2D eigenvalue weighted by atomic mass is 79.9. The maximum atomic E-state index is 11.2. The van der Waals surface area contributed by atoms with Gasteiger partial charge in [-0.2, -0.15) is 0 Å². The largest absolute Gasteiger partial charge is 0.481 e. The van der Waals surface area contributed by atoms with Crippen LogP contribution in [0.15, 0.2) is 22.7 Å². The van der Waals surface area contributed by atoms with E-state index in [1.807, 2.05) is 6.07 Å². The van der Waals surface area contributed by atoms with Gasteiger partial charge in [0.2, 0.25) is 0 Å². The molecule has 0 radical (unpaired) electrons. The summed E-state index contributed by atoms with van der Waals surface area (Å²) in [6.45, 7) is 3.78. The summed E-state index contributed by atoms with van der Waals surface area (Å²) >= 11 is 3.52. The van der Waals surface area contributed by atoms with Gasteiger partial charge in [-0.1, -0.05) is 15.9 Å². The predicted molar refractivity (Wildman–Crippen MR) is 83.7 cm³/mol. The minimum Gasteiger partial charge on any atom is -0.481 e. The Kier molecular flexibility index (Phi) is 4.47. The van der Waals surface area contributed by atoms with Crippen LogP contribution in [0.1, 0.15) is 18.0 Å². The van der Waals surface area contributed by atoms with Gasteiger partial charge in [0.15, 0.2) is 0 Å². The monoisotopic (exact) mass is 354 g/mol. The first kappa shape index (κ1) is 14.8. The van der Waals surface area contributed by atoms with E-state index < -0.39 is 5.97 Å². The molecule has 2 N–H and O–H groups in total. The fraction of sp³-hybridized carbons (Fsp3) is 0.533. The lowest BCUT2D eigenvalue weighted by Crippen LogP contribution is -2.37. The number of halogens is 1. The van der Waals surface area contributed by atoms with Crippen molar-refractivity contribution in [2.75, 3.05) is 37.7 Å². The van der Waals surface area contributed by atoms with Crippen molar-refractivity contribution in [1.29, 1.82) is 0 Å². The number of nitrogens with one attached hydrogen (secondary N) is 1. The van der Waals surface area contributed by atoms with Crippen molar-refractivity contribution in [2.45, 2.75) is 12.5 Å². The summed E-state index contributed by atoms with van der Waals surface area (Å²) in [4.78, 5) is 13.5. The van der Waals surface area contributed by atoms with Gasteiger partial charge in [0.05, 0.1) is 19.1 Å². The van der Waals surface area contributed by atoms with E-state index in [0.717, 1.165) is 30.8 Å². The summed E-state index contributed by atoms with van der Waals surface area (Å²) in [7, 11) is 0. The number of rotatable bonds is 3. The molecule has 2 atom stereocenters. The summed E-state index contributed by atoms with van der Waals surface area (Å²) in [5.74, 6) is -1.01. The second kappa shape index (κ2) is 6.34. The summed E-state index contributed by atoms with van der Waals surface area (Å²) in [5.41, 5.74) is 2.36. The van der Waals surface area contributed by atoms with E-state index in [-0.39, 0.29) is 12.0 Å². The Morgan fingerprint density at radius 2 is 2.14 bits per heavy atom. The van der Waals surface area contributed by atoms with Crippen LogP contribution in [0.2, 0.25) is 0 Å². The maximum Gasteiger partial charge on any atom is 0.307 e. The normalized spacial score (nSPS) is 26.0. The predicted octanol–water partition coefficient (Wildman–Crippen LogP) is 2.02. The summed E-state index contributed by atoms with van der Waals surface area (Å²) < 4.78 is 6.44. The van der Waals surface area contributed by atoms with E-state index >= 15 is 0 Å². The number of carbonyl (C=O) groups is 1. The molecule has 114 valence electrons. The molecule has 6 heteroatoms. The number of carboxylic acids is 1. The quantitative estimate of drug-likeness (QED) is 0.869. The number of aliphatic carboxylic acids is 1. The smallest absolute Gasteiger partial charge is 0.307 e. The number of hydrogen-bond acceptors (Lipinski definition) is 4. The first-order valence-corrected chi connectivity index (χ1v) is 8.03. The second-order valence-corrected chi connectivity index (χ2v) is 6.45. The van der Waals surface area contributed by atoms with E-state index in [0.29, 0.717) is 13.0 Å². The minimum atomic E-state index is -0.715. The molecule has 0 amide bonds. The van der Waals surface area contributed by atoms with Crippen LogP contribution >= 0.6 is 15.9 Å². The van der Waals surface area contributed by atoms with E-state index in [4.69, 9.17) is 4.74 Å². The Hall–Kier alpha value is -1.11. The summed E-state index contributed by atoms with van der Waals surface area (Å²) in [5, 5.41) is 12.5. The van der Waals surface area contributed by atoms with Gasteiger partial charge in [-0.3, -0.25) is 4.79 Å². The Bertz CT molecular complexity index is 532. The van der Waals surface area contributed by atoms with Gasteiger partial charge in [-0.05, 0) is 30.2 Å². The first-order chi connectivity index (χ1) is 10.1. The molecule has 1 aromatic carbocycles. The molecule has 2 aliphatic heterocycles. The molecule has 3 rings (SSSR count). The Morgan fingerprint density at radius 1 is 1.38 bits per heavy atom. The number of morpholine rings is 1. The van der Waals surface area contributed by atoms with Crippen LogP contribution in [-0.4, -0.2) is 43.9 Å². The molecule has 2 unspecified atom stereocenters. The molecule has 0 saturated carbocycles. The third-order valence-corrected chi connectivity index (χ3v) is 4.69. The molecule has 1 aromatic rings. The first-order valence-electron chi connectivity index (χ1n) is 7.23. The van der Waals surface area contributed by atoms with Crippen molar-refractivity contribution >= 4 is 27.6 Å². The SMILES string of the molecule is O=C(O)C1CNC(c2cc(Br)ccc2N2CCOCC2)C1. The molecular weight excluding hydrogens is 336 g/mol. The van der Waals surface area contributed by atoms with Gasteiger partial charge >= 0.3 is 5.97 Å². The van der Waals surface area contributed by atoms with Crippen molar-refractivity contribution < 1.29 is 14.6 Å². The fourth-order valence-electron chi connectivity index (χ4n) is 3.06. The summed E-state index contributed by atoms with van der Waals surface area (Å²) in [6.07, 6.45) is 0.642. The molecule has 2 heterocycles. The highest BCUT2D eigenvalue weighted by Gasteiger charge is 2.32. The van der Waals surface area contributed by atoms with Crippen LogP contribution in [0, 0.1) is 5.92 Å². The molecule has 0 bridgehead atoms. The average Bonchev–Trinajstić information content (AvgIpc) is 2.98. The van der Waals surface area contributed by atoms with Crippen molar-refractivity contribution in [2.24, 2.45) is 5.92 Å². The third kappa shape index (κ3) is 3.22. The number of anilines is 1. The lowest BCUT2D eigenvalue weighted by Gasteiger charge is -2.32. The van der Waals surface area contributed by atoms with E-state index in [2.05, 4.69) is 38.3 Å². The zero-order valence-electron chi connectivity index (χ0n) is 11.7. The van der Waals surface area contributed by atoms with E-state index in [9.17, 15) is 9.90 Å². The Balaban J connectivity index is 1.86. The molecule has 5 nitrogen and oxygen atoms in total. The summed E-state index contributed by atoms with van der Waals surface area (Å²) in [6, 6.07) is 6.35. The van der Waals surface area contributed by atoms with Gasteiger partial charge < -0.3 is 20.1 Å². The molecule has 2 fully saturated rings.